The summed E-state index contributed by atoms with van der Waals surface area (Å²) in [7, 11) is 0. The zero-order chi connectivity index (χ0) is 16.6. The maximum absolute atomic E-state index is 12.0. The molecule has 0 fully saturated rings. The van der Waals surface area contributed by atoms with E-state index in [1.165, 1.54) is 4.90 Å². The molecule has 0 heterocycles. The Balaban J connectivity index is 4.72. The largest absolute Gasteiger partial charge is 0.475 e. The minimum Gasteiger partial charge on any atom is -0.475 e. The second kappa shape index (κ2) is 9.43. The molecule has 4 N–H and O–H groups in total. The molecule has 0 aliphatic rings. The van der Waals surface area contributed by atoms with Gasteiger partial charge in [-0.3, -0.25) is 9.59 Å². The van der Waals surface area contributed by atoms with E-state index in [0.717, 1.165) is 0 Å². The molecule has 0 aliphatic carbocycles. The van der Waals surface area contributed by atoms with E-state index >= 15 is 0 Å². The first-order valence-electron chi connectivity index (χ1n) is 6.85. The van der Waals surface area contributed by atoms with Crippen molar-refractivity contribution in [2.24, 2.45) is 0 Å². The zero-order valence-electron chi connectivity index (χ0n) is 12.2. The van der Waals surface area contributed by atoms with Gasteiger partial charge in [-0.25, -0.2) is 4.79 Å². The van der Waals surface area contributed by atoms with E-state index in [1.807, 2.05) is 13.8 Å². The van der Waals surface area contributed by atoms with E-state index < -0.39 is 42.4 Å². The molecule has 0 aliphatic heterocycles. The van der Waals surface area contributed by atoms with Crippen LogP contribution < -0.4 is 0 Å². The number of rotatable bonds is 10. The van der Waals surface area contributed by atoms with Crippen molar-refractivity contribution in [2.75, 3.05) is 13.1 Å². The van der Waals surface area contributed by atoms with Crippen molar-refractivity contribution in [3.8, 4) is 0 Å². The minimum absolute atomic E-state index is 0.389. The molecular weight excluding hydrogens is 282 g/mol. The van der Waals surface area contributed by atoms with Crippen molar-refractivity contribution >= 4 is 17.7 Å². The smallest absolute Gasteiger partial charge is 0.372 e. The molecule has 0 spiro atoms. The van der Waals surface area contributed by atoms with E-state index in [2.05, 4.69) is 0 Å². The predicted octanol–water partition coefficient (Wildman–Crippen LogP) is -1.24. The van der Waals surface area contributed by atoms with Crippen LogP contribution in [0.25, 0.3) is 0 Å². The molecule has 122 valence electrons. The Hall–Kier alpha value is -1.51. The molecule has 0 saturated heterocycles. The highest BCUT2D eigenvalue weighted by Crippen LogP contribution is 2.09. The van der Waals surface area contributed by atoms with Crippen LogP contribution >= 0.6 is 0 Å². The number of carbonyl (C=O) groups excluding carboxylic acids is 2. The number of ketones is 1. The summed E-state index contributed by atoms with van der Waals surface area (Å²) in [5.74, 6) is -3.81. The highest BCUT2D eigenvalue weighted by molar-refractivity contribution is 6.32. The average molecular weight is 305 g/mol. The molecule has 8 nitrogen and oxygen atoms in total. The fraction of sp³-hybridized carbons (Fsp3) is 0.769. The molecule has 3 atom stereocenters. The molecule has 1 amide bonds. The van der Waals surface area contributed by atoms with E-state index in [0.29, 0.717) is 25.9 Å². The summed E-state index contributed by atoms with van der Waals surface area (Å²) in [6.45, 7) is 4.47. The standard InChI is InChI=1S/C13H23NO7/c1-3-5-14(6-4-2)12(19)11(18)10(17)8(15)7-9(16)13(20)21/h8,10-11,15,17-18H,3-7H2,1-2H3,(H,20,21)/t8-,10+,11+/m0/s1. The molecule has 0 rings (SSSR count). The number of hydrogen-bond acceptors (Lipinski definition) is 6. The monoisotopic (exact) mass is 305 g/mol. The third kappa shape index (κ3) is 6.19. The second-order valence-electron chi connectivity index (χ2n) is 4.76. The van der Waals surface area contributed by atoms with Gasteiger partial charge in [-0.05, 0) is 12.8 Å². The maximum Gasteiger partial charge on any atom is 0.372 e. The predicted molar refractivity (Wildman–Crippen MR) is 72.4 cm³/mol. The maximum atomic E-state index is 12.0. The van der Waals surface area contributed by atoms with Crippen molar-refractivity contribution in [3.63, 3.8) is 0 Å². The van der Waals surface area contributed by atoms with E-state index in [4.69, 9.17) is 5.11 Å². The van der Waals surface area contributed by atoms with Gasteiger partial charge in [-0.15, -0.1) is 0 Å². The van der Waals surface area contributed by atoms with Gasteiger partial charge in [0, 0.05) is 19.5 Å². The molecule has 0 aromatic carbocycles. The van der Waals surface area contributed by atoms with Crippen LogP contribution in [-0.2, 0) is 14.4 Å². The van der Waals surface area contributed by atoms with Crippen LogP contribution in [0.5, 0.6) is 0 Å². The first-order valence-corrected chi connectivity index (χ1v) is 6.85. The number of amides is 1. The van der Waals surface area contributed by atoms with Crippen molar-refractivity contribution in [2.45, 2.75) is 51.4 Å². The first-order chi connectivity index (χ1) is 9.76. The molecule has 8 heteroatoms. The third-order valence-electron chi connectivity index (χ3n) is 2.90. The number of Topliss-reactive ketones (excluding diaryl/α,β-unsaturated/α-hetero) is 1. The Morgan fingerprint density at radius 2 is 1.48 bits per heavy atom. The van der Waals surface area contributed by atoms with Crippen LogP contribution in [0.4, 0.5) is 0 Å². The van der Waals surface area contributed by atoms with E-state index in [1.54, 1.807) is 0 Å². The van der Waals surface area contributed by atoms with Crippen LogP contribution in [0.3, 0.4) is 0 Å². The van der Waals surface area contributed by atoms with Crippen molar-refractivity contribution in [1.29, 1.82) is 0 Å². The van der Waals surface area contributed by atoms with Crippen LogP contribution in [0.2, 0.25) is 0 Å². The number of aliphatic hydroxyl groups excluding tert-OH is 3. The van der Waals surface area contributed by atoms with Crippen molar-refractivity contribution in [1.82, 2.24) is 4.90 Å². The molecule has 0 aromatic rings. The number of aliphatic hydroxyl groups is 3. The van der Waals surface area contributed by atoms with E-state index in [9.17, 15) is 29.7 Å². The van der Waals surface area contributed by atoms with Gasteiger partial charge in [-0.2, -0.15) is 0 Å². The van der Waals surface area contributed by atoms with Crippen LogP contribution in [0.15, 0.2) is 0 Å². The van der Waals surface area contributed by atoms with Gasteiger partial charge in [-0.1, -0.05) is 13.8 Å². The fourth-order valence-corrected chi connectivity index (χ4v) is 1.81. The summed E-state index contributed by atoms with van der Waals surface area (Å²) in [6, 6.07) is 0. The number of carboxylic acids is 1. The molecule has 0 aromatic heterocycles. The van der Waals surface area contributed by atoms with Crippen LogP contribution in [-0.4, -0.2) is 74.4 Å². The highest BCUT2D eigenvalue weighted by Gasteiger charge is 2.34. The average Bonchev–Trinajstić information content (AvgIpc) is 2.44. The number of nitrogens with zero attached hydrogens (tertiary/aromatic N) is 1. The number of carboxylic acid groups (broad SMARTS) is 1. The van der Waals surface area contributed by atoms with Gasteiger partial charge in [0.2, 0.25) is 5.78 Å². The zero-order valence-corrected chi connectivity index (χ0v) is 12.2. The van der Waals surface area contributed by atoms with E-state index in [-0.39, 0.29) is 0 Å². The molecule has 0 saturated carbocycles. The summed E-state index contributed by atoms with van der Waals surface area (Å²) in [6.07, 6.45) is -5.19. The SMILES string of the molecule is CCCN(CCC)C(=O)[C@H](O)[C@H](O)[C@@H](O)CC(=O)C(=O)O. The molecule has 0 unspecified atom stereocenters. The molecular formula is C13H23NO7. The Labute approximate surface area is 123 Å². The summed E-state index contributed by atoms with van der Waals surface area (Å²) in [4.78, 5) is 34.6. The van der Waals surface area contributed by atoms with Gasteiger partial charge in [0.15, 0.2) is 6.10 Å². The number of carbonyl (C=O) groups is 3. The summed E-state index contributed by atoms with van der Waals surface area (Å²) >= 11 is 0. The lowest BCUT2D eigenvalue weighted by Gasteiger charge is -2.28. The van der Waals surface area contributed by atoms with Gasteiger partial charge in [0.25, 0.3) is 5.91 Å². The Kier molecular flexibility index (Phi) is 8.75. The topological polar surface area (TPSA) is 135 Å². The van der Waals surface area contributed by atoms with Crippen molar-refractivity contribution < 1.29 is 34.8 Å². The number of hydrogen-bond donors (Lipinski definition) is 4. The van der Waals surface area contributed by atoms with Gasteiger partial charge >= 0.3 is 5.97 Å². The van der Waals surface area contributed by atoms with Crippen LogP contribution in [0.1, 0.15) is 33.1 Å². The Morgan fingerprint density at radius 1 is 1.00 bits per heavy atom. The Morgan fingerprint density at radius 3 is 1.86 bits per heavy atom. The normalized spacial score (nSPS) is 15.1. The minimum atomic E-state index is -1.92. The number of aliphatic carboxylic acids is 1. The fourth-order valence-electron chi connectivity index (χ4n) is 1.81. The molecule has 0 radical (unpaired) electrons. The molecule has 0 bridgehead atoms. The lowest BCUT2D eigenvalue weighted by molar-refractivity contribution is -0.156. The van der Waals surface area contributed by atoms with Gasteiger partial charge < -0.3 is 25.3 Å². The third-order valence-corrected chi connectivity index (χ3v) is 2.90. The van der Waals surface area contributed by atoms with Gasteiger partial charge in [0.1, 0.15) is 6.10 Å². The summed E-state index contributed by atoms with van der Waals surface area (Å²) in [5, 5.41) is 37.4. The first kappa shape index (κ1) is 19.5. The lowest BCUT2D eigenvalue weighted by atomic mass is 10.0. The molecule has 21 heavy (non-hydrogen) atoms. The van der Waals surface area contributed by atoms with Crippen LogP contribution in [0, 0.1) is 0 Å². The highest BCUT2D eigenvalue weighted by atomic mass is 16.4. The van der Waals surface area contributed by atoms with Crippen molar-refractivity contribution in [3.05, 3.63) is 0 Å². The second-order valence-corrected chi connectivity index (χ2v) is 4.76. The summed E-state index contributed by atoms with van der Waals surface area (Å²) in [5.41, 5.74) is 0. The Bertz CT molecular complexity index is 366. The summed E-state index contributed by atoms with van der Waals surface area (Å²) < 4.78 is 0. The van der Waals surface area contributed by atoms with Gasteiger partial charge in [0.05, 0.1) is 6.10 Å². The quantitative estimate of drug-likeness (QED) is 0.371. The lowest BCUT2D eigenvalue weighted by Crippen LogP contribution is -2.50.